The van der Waals surface area contributed by atoms with Crippen molar-refractivity contribution < 1.29 is 19.1 Å². The zero-order chi connectivity index (χ0) is 18.0. The van der Waals surface area contributed by atoms with E-state index >= 15 is 0 Å². The summed E-state index contributed by atoms with van der Waals surface area (Å²) in [4.78, 5) is 28.3. The average molecular weight is 347 g/mol. The monoisotopic (exact) mass is 347 g/mol. The molecule has 1 N–H and O–H groups in total. The summed E-state index contributed by atoms with van der Waals surface area (Å²) in [5.41, 5.74) is 0.816. The van der Waals surface area contributed by atoms with Gasteiger partial charge in [-0.2, -0.15) is 0 Å². The predicted molar refractivity (Wildman–Crippen MR) is 93.9 cm³/mol. The van der Waals surface area contributed by atoms with Gasteiger partial charge in [0, 0.05) is 31.7 Å². The Balaban J connectivity index is 1.59. The highest BCUT2D eigenvalue weighted by Gasteiger charge is 2.34. The Bertz CT molecular complexity index is 624. The number of amides is 3. The van der Waals surface area contributed by atoms with Gasteiger partial charge in [0.15, 0.2) is 0 Å². The topological polar surface area (TPSA) is 71.1 Å². The third kappa shape index (κ3) is 4.04. The lowest BCUT2D eigenvalue weighted by molar-refractivity contribution is -0.117. The Labute approximate surface area is 147 Å². The first-order valence-corrected chi connectivity index (χ1v) is 8.61. The molecule has 2 aliphatic rings. The predicted octanol–water partition coefficient (Wildman–Crippen LogP) is 1.62. The molecule has 1 aromatic carbocycles. The van der Waals surface area contributed by atoms with Crippen molar-refractivity contribution in [2.45, 2.75) is 38.5 Å². The maximum atomic E-state index is 12.5. The Kier molecular flexibility index (Phi) is 5.13. The molecule has 2 heterocycles. The number of ether oxygens (including phenoxy) is 2. The number of nitrogens with zero attached hydrogens (tertiary/aromatic N) is 2. The second-order valence-electron chi connectivity index (χ2n) is 6.72. The van der Waals surface area contributed by atoms with Gasteiger partial charge in [0.25, 0.3) is 0 Å². The highest BCUT2D eigenvalue weighted by molar-refractivity contribution is 5.96. The third-order valence-electron chi connectivity index (χ3n) is 4.54. The van der Waals surface area contributed by atoms with Crippen molar-refractivity contribution in [3.63, 3.8) is 0 Å². The number of methoxy groups -OCH3 is 1. The normalized spacial score (nSPS) is 26.7. The number of hydrogen-bond donors (Lipinski definition) is 1. The van der Waals surface area contributed by atoms with Crippen molar-refractivity contribution in [1.29, 1.82) is 0 Å². The fourth-order valence-electron chi connectivity index (χ4n) is 3.43. The van der Waals surface area contributed by atoms with Gasteiger partial charge in [0.05, 0.1) is 25.4 Å². The molecule has 0 unspecified atom stereocenters. The standard InChI is InChI=1S/C18H25N3O4/c1-12-9-20(10-13(2)25-12)18(23)19-14-8-17(22)21(11-14)15-4-6-16(24-3)7-5-15/h4-7,12-14H,8-11H2,1-3H3,(H,19,23)/t12-,13+,14-/m0/s1. The SMILES string of the molecule is COc1ccc(N2C[C@@H](NC(=O)N3C[C@@H](C)O[C@@H](C)C3)CC2=O)cc1. The first-order valence-electron chi connectivity index (χ1n) is 8.61. The zero-order valence-corrected chi connectivity index (χ0v) is 14.9. The number of urea groups is 1. The second kappa shape index (κ2) is 7.31. The minimum atomic E-state index is -0.185. The molecule has 0 saturated carbocycles. The summed E-state index contributed by atoms with van der Waals surface area (Å²) in [5, 5.41) is 2.99. The summed E-state index contributed by atoms with van der Waals surface area (Å²) >= 11 is 0. The van der Waals surface area contributed by atoms with Gasteiger partial charge in [0.1, 0.15) is 5.75 Å². The Morgan fingerprint density at radius 3 is 2.40 bits per heavy atom. The van der Waals surface area contributed by atoms with E-state index in [-0.39, 0.29) is 30.2 Å². The average Bonchev–Trinajstić information content (AvgIpc) is 2.94. The van der Waals surface area contributed by atoms with Gasteiger partial charge in [-0.1, -0.05) is 0 Å². The summed E-state index contributed by atoms with van der Waals surface area (Å²) in [5.74, 6) is 0.759. The number of rotatable bonds is 3. The van der Waals surface area contributed by atoms with E-state index in [4.69, 9.17) is 9.47 Å². The smallest absolute Gasteiger partial charge is 0.317 e. The van der Waals surface area contributed by atoms with E-state index in [0.29, 0.717) is 26.1 Å². The second-order valence-corrected chi connectivity index (χ2v) is 6.72. The molecule has 0 spiro atoms. The van der Waals surface area contributed by atoms with Crippen LogP contribution >= 0.6 is 0 Å². The van der Waals surface area contributed by atoms with Gasteiger partial charge in [-0.3, -0.25) is 4.79 Å². The fraction of sp³-hybridized carbons (Fsp3) is 0.556. The largest absolute Gasteiger partial charge is 0.497 e. The van der Waals surface area contributed by atoms with E-state index < -0.39 is 0 Å². The Morgan fingerprint density at radius 2 is 1.80 bits per heavy atom. The van der Waals surface area contributed by atoms with Crippen LogP contribution in [0.3, 0.4) is 0 Å². The van der Waals surface area contributed by atoms with E-state index in [9.17, 15) is 9.59 Å². The minimum Gasteiger partial charge on any atom is -0.497 e. The molecule has 3 rings (SSSR count). The van der Waals surface area contributed by atoms with Crippen molar-refractivity contribution in [2.24, 2.45) is 0 Å². The first kappa shape index (κ1) is 17.5. The van der Waals surface area contributed by atoms with Crippen LogP contribution in [-0.4, -0.2) is 61.8 Å². The molecule has 25 heavy (non-hydrogen) atoms. The van der Waals surface area contributed by atoms with Crippen LogP contribution in [0.4, 0.5) is 10.5 Å². The lowest BCUT2D eigenvalue weighted by atomic mass is 10.2. The van der Waals surface area contributed by atoms with E-state index in [2.05, 4.69) is 5.32 Å². The van der Waals surface area contributed by atoms with Gasteiger partial charge in [-0.05, 0) is 38.1 Å². The number of benzene rings is 1. The van der Waals surface area contributed by atoms with Crippen LogP contribution in [0.15, 0.2) is 24.3 Å². The number of morpholine rings is 1. The molecule has 2 saturated heterocycles. The Morgan fingerprint density at radius 1 is 1.16 bits per heavy atom. The van der Waals surface area contributed by atoms with Crippen LogP contribution in [0.2, 0.25) is 0 Å². The highest BCUT2D eigenvalue weighted by atomic mass is 16.5. The van der Waals surface area contributed by atoms with E-state index in [1.807, 2.05) is 38.1 Å². The van der Waals surface area contributed by atoms with E-state index in [0.717, 1.165) is 11.4 Å². The molecule has 2 fully saturated rings. The summed E-state index contributed by atoms with van der Waals surface area (Å²) < 4.78 is 10.8. The summed E-state index contributed by atoms with van der Waals surface area (Å²) in [6.45, 7) is 5.53. The maximum Gasteiger partial charge on any atom is 0.317 e. The molecule has 0 bridgehead atoms. The van der Waals surface area contributed by atoms with Crippen LogP contribution < -0.4 is 15.0 Å². The van der Waals surface area contributed by atoms with Crippen LogP contribution in [0, 0.1) is 0 Å². The van der Waals surface area contributed by atoms with Crippen molar-refractivity contribution in [3.8, 4) is 5.75 Å². The maximum absolute atomic E-state index is 12.5. The highest BCUT2D eigenvalue weighted by Crippen LogP contribution is 2.24. The van der Waals surface area contributed by atoms with Gasteiger partial charge >= 0.3 is 6.03 Å². The molecule has 0 aromatic heterocycles. The molecule has 1 aromatic rings. The van der Waals surface area contributed by atoms with Crippen LogP contribution in [0.1, 0.15) is 20.3 Å². The van der Waals surface area contributed by atoms with E-state index in [1.165, 1.54) is 0 Å². The van der Waals surface area contributed by atoms with Gasteiger partial charge in [0.2, 0.25) is 5.91 Å². The van der Waals surface area contributed by atoms with E-state index in [1.54, 1.807) is 16.9 Å². The molecule has 3 atom stereocenters. The van der Waals surface area contributed by atoms with Crippen molar-refractivity contribution in [2.75, 3.05) is 31.6 Å². The summed E-state index contributed by atoms with van der Waals surface area (Å²) in [6.07, 6.45) is 0.360. The molecule has 136 valence electrons. The number of carbonyl (C=O) groups is 2. The van der Waals surface area contributed by atoms with Crippen molar-refractivity contribution in [3.05, 3.63) is 24.3 Å². The minimum absolute atomic E-state index is 0.0131. The van der Waals surface area contributed by atoms with Gasteiger partial charge in [-0.25, -0.2) is 4.79 Å². The number of carbonyl (C=O) groups excluding carboxylic acids is 2. The van der Waals surface area contributed by atoms with Gasteiger partial charge < -0.3 is 24.6 Å². The number of hydrogen-bond acceptors (Lipinski definition) is 4. The zero-order valence-electron chi connectivity index (χ0n) is 14.9. The summed E-state index contributed by atoms with van der Waals surface area (Å²) in [6, 6.07) is 7.04. The molecule has 7 heteroatoms. The molecule has 3 amide bonds. The molecule has 0 radical (unpaired) electrons. The number of anilines is 1. The van der Waals surface area contributed by atoms with Gasteiger partial charge in [-0.15, -0.1) is 0 Å². The molecule has 2 aliphatic heterocycles. The lowest BCUT2D eigenvalue weighted by Gasteiger charge is -2.35. The molecular formula is C18H25N3O4. The fourth-order valence-corrected chi connectivity index (χ4v) is 3.43. The van der Waals surface area contributed by atoms with Crippen LogP contribution in [0.5, 0.6) is 5.75 Å². The molecular weight excluding hydrogens is 322 g/mol. The van der Waals surface area contributed by atoms with Crippen LogP contribution in [0.25, 0.3) is 0 Å². The quantitative estimate of drug-likeness (QED) is 0.902. The van der Waals surface area contributed by atoms with Crippen LogP contribution in [-0.2, 0) is 9.53 Å². The third-order valence-corrected chi connectivity index (χ3v) is 4.54. The molecule has 7 nitrogen and oxygen atoms in total. The first-order chi connectivity index (χ1) is 12.0. The Hall–Kier alpha value is -2.28. The summed E-state index contributed by atoms with van der Waals surface area (Å²) in [7, 11) is 1.61. The number of nitrogens with one attached hydrogen (secondary N) is 1. The van der Waals surface area contributed by atoms with Crippen molar-refractivity contribution >= 4 is 17.6 Å². The van der Waals surface area contributed by atoms with Crippen molar-refractivity contribution in [1.82, 2.24) is 10.2 Å². The molecule has 0 aliphatic carbocycles. The lowest BCUT2D eigenvalue weighted by Crippen LogP contribution is -2.53.